The van der Waals surface area contributed by atoms with Crippen LogP contribution < -0.4 is 10.1 Å². The number of hydrogen-bond acceptors (Lipinski definition) is 6. The minimum atomic E-state index is -0.0787. The van der Waals surface area contributed by atoms with Crippen LogP contribution in [0.4, 0.5) is 11.4 Å². The summed E-state index contributed by atoms with van der Waals surface area (Å²) in [5.74, 6) is 0.978. The molecule has 0 saturated heterocycles. The number of pyridine rings is 1. The van der Waals surface area contributed by atoms with Crippen LogP contribution in [0, 0.1) is 5.92 Å². The lowest BCUT2D eigenvalue weighted by Gasteiger charge is -2.15. The molecule has 1 N–H and O–H groups in total. The summed E-state index contributed by atoms with van der Waals surface area (Å²) < 4.78 is 10.7. The molecule has 2 aromatic rings. The third kappa shape index (κ3) is 3.96. The summed E-state index contributed by atoms with van der Waals surface area (Å²) in [5, 5.41) is 3.34. The summed E-state index contributed by atoms with van der Waals surface area (Å²) in [6.45, 7) is 0.927. The van der Waals surface area contributed by atoms with Crippen LogP contribution in [0.5, 0.6) is 5.75 Å². The van der Waals surface area contributed by atoms with Crippen molar-refractivity contribution < 1.29 is 19.1 Å². The fraction of sp³-hybridized carbons (Fsp3) is 0.409. The summed E-state index contributed by atoms with van der Waals surface area (Å²) >= 11 is 0. The first-order chi connectivity index (χ1) is 14.0. The van der Waals surface area contributed by atoms with Gasteiger partial charge in [-0.1, -0.05) is 6.07 Å². The maximum Gasteiger partial charge on any atom is 0.257 e. The number of anilines is 2. The maximum atomic E-state index is 12.7. The third-order valence-electron chi connectivity index (χ3n) is 5.33. The second kappa shape index (κ2) is 7.83. The smallest absolute Gasteiger partial charge is 0.257 e. The molecule has 7 nitrogen and oxygen atoms in total. The molecule has 0 unspecified atom stereocenters. The first-order valence-corrected chi connectivity index (χ1v) is 9.74. The number of aromatic nitrogens is 1. The fourth-order valence-electron chi connectivity index (χ4n) is 3.65. The fourth-order valence-corrected chi connectivity index (χ4v) is 3.65. The number of fused-ring (bicyclic) bond motifs is 1. The SMILES string of the molecule is COCc1ccc(Nc2cc(CC(=O)C3CC3)nc3c2C(=O)N(C)C3)c(OC)c1. The largest absolute Gasteiger partial charge is 0.495 e. The van der Waals surface area contributed by atoms with Crippen LogP contribution in [0.15, 0.2) is 24.3 Å². The van der Waals surface area contributed by atoms with Crippen molar-refractivity contribution in [2.75, 3.05) is 26.6 Å². The Labute approximate surface area is 170 Å². The second-order valence-corrected chi connectivity index (χ2v) is 7.65. The molecule has 1 aromatic heterocycles. The zero-order valence-corrected chi connectivity index (χ0v) is 16.9. The van der Waals surface area contributed by atoms with Gasteiger partial charge in [-0.2, -0.15) is 0 Å². The molecule has 152 valence electrons. The van der Waals surface area contributed by atoms with Crippen molar-refractivity contribution in [3.05, 3.63) is 46.8 Å². The van der Waals surface area contributed by atoms with Gasteiger partial charge in [0, 0.05) is 26.5 Å². The molecule has 2 aliphatic rings. The van der Waals surface area contributed by atoms with Crippen molar-refractivity contribution in [3.63, 3.8) is 0 Å². The van der Waals surface area contributed by atoms with E-state index in [0.29, 0.717) is 48.0 Å². The lowest BCUT2D eigenvalue weighted by molar-refractivity contribution is -0.119. The van der Waals surface area contributed by atoms with E-state index in [2.05, 4.69) is 10.3 Å². The molecule has 7 heteroatoms. The number of carbonyl (C=O) groups excluding carboxylic acids is 2. The Bertz CT molecular complexity index is 969. The van der Waals surface area contributed by atoms with Gasteiger partial charge in [-0.15, -0.1) is 0 Å². The Kier molecular flexibility index (Phi) is 5.24. The highest BCUT2D eigenvalue weighted by Gasteiger charge is 2.32. The molecule has 4 rings (SSSR count). The summed E-state index contributed by atoms with van der Waals surface area (Å²) in [7, 11) is 5.00. The summed E-state index contributed by atoms with van der Waals surface area (Å²) in [6, 6.07) is 7.57. The Morgan fingerprint density at radius 1 is 1.24 bits per heavy atom. The zero-order chi connectivity index (χ0) is 20.5. The van der Waals surface area contributed by atoms with Crippen LogP contribution in [0.1, 0.15) is 40.2 Å². The monoisotopic (exact) mass is 395 g/mol. The minimum absolute atomic E-state index is 0.0787. The van der Waals surface area contributed by atoms with Crippen molar-refractivity contribution >= 4 is 23.1 Å². The molecule has 0 spiro atoms. The van der Waals surface area contributed by atoms with Crippen molar-refractivity contribution in [2.24, 2.45) is 5.92 Å². The number of amides is 1. The molecule has 0 bridgehead atoms. The van der Waals surface area contributed by atoms with Gasteiger partial charge in [0.05, 0.1) is 48.6 Å². The average molecular weight is 395 g/mol. The number of carbonyl (C=O) groups is 2. The molecule has 1 aromatic carbocycles. The minimum Gasteiger partial charge on any atom is -0.495 e. The number of methoxy groups -OCH3 is 2. The first-order valence-electron chi connectivity index (χ1n) is 9.74. The van der Waals surface area contributed by atoms with E-state index in [9.17, 15) is 9.59 Å². The average Bonchev–Trinajstić information content (AvgIpc) is 3.50. The van der Waals surface area contributed by atoms with Gasteiger partial charge in [0.2, 0.25) is 0 Å². The standard InChI is InChI=1S/C22H25N3O4/c1-25-11-18-21(22(25)27)17(9-15(23-18)10-19(26)14-5-6-14)24-16-7-4-13(12-28-2)8-20(16)29-3/h4,7-9,14H,5-6,10-12H2,1-3H3,(H,23,24). The van der Waals surface area contributed by atoms with Crippen LogP contribution in [-0.4, -0.2) is 42.8 Å². The van der Waals surface area contributed by atoms with E-state index >= 15 is 0 Å². The van der Waals surface area contributed by atoms with Gasteiger partial charge in [0.1, 0.15) is 11.5 Å². The quantitative estimate of drug-likeness (QED) is 0.740. The van der Waals surface area contributed by atoms with E-state index < -0.39 is 0 Å². The van der Waals surface area contributed by atoms with E-state index in [4.69, 9.17) is 9.47 Å². The summed E-state index contributed by atoms with van der Waals surface area (Å²) in [5.41, 5.74) is 4.33. The number of Topliss-reactive ketones (excluding diaryl/α,β-unsaturated/α-hetero) is 1. The Morgan fingerprint density at radius 2 is 2.03 bits per heavy atom. The molecule has 1 aliphatic carbocycles. The van der Waals surface area contributed by atoms with Gasteiger partial charge in [-0.25, -0.2) is 0 Å². The van der Waals surface area contributed by atoms with Crippen LogP contribution in [0.2, 0.25) is 0 Å². The van der Waals surface area contributed by atoms with E-state index in [1.807, 2.05) is 24.3 Å². The number of nitrogens with zero attached hydrogens (tertiary/aromatic N) is 2. The molecule has 0 radical (unpaired) electrons. The lowest BCUT2D eigenvalue weighted by Crippen LogP contribution is -2.18. The van der Waals surface area contributed by atoms with Gasteiger partial charge in [-0.3, -0.25) is 14.6 Å². The molecule has 29 heavy (non-hydrogen) atoms. The van der Waals surface area contributed by atoms with Crippen molar-refractivity contribution in [1.82, 2.24) is 9.88 Å². The predicted molar refractivity (Wildman–Crippen MR) is 108 cm³/mol. The number of ether oxygens (including phenoxy) is 2. The summed E-state index contributed by atoms with van der Waals surface area (Å²) in [6.07, 6.45) is 2.25. The van der Waals surface area contributed by atoms with Gasteiger partial charge in [0.15, 0.2) is 0 Å². The van der Waals surface area contributed by atoms with Crippen molar-refractivity contribution in [3.8, 4) is 5.75 Å². The zero-order valence-electron chi connectivity index (χ0n) is 16.9. The molecule has 1 saturated carbocycles. The summed E-state index contributed by atoms with van der Waals surface area (Å²) in [4.78, 5) is 31.2. The highest BCUT2D eigenvalue weighted by atomic mass is 16.5. The lowest BCUT2D eigenvalue weighted by atomic mass is 10.1. The van der Waals surface area contributed by atoms with Crippen LogP contribution in [0.3, 0.4) is 0 Å². The molecular weight excluding hydrogens is 370 g/mol. The topological polar surface area (TPSA) is 80.8 Å². The Morgan fingerprint density at radius 3 is 2.72 bits per heavy atom. The van der Waals surface area contributed by atoms with Gasteiger partial charge in [0.25, 0.3) is 5.91 Å². The number of benzene rings is 1. The van der Waals surface area contributed by atoms with Gasteiger partial charge >= 0.3 is 0 Å². The van der Waals surface area contributed by atoms with E-state index in [-0.39, 0.29) is 17.6 Å². The van der Waals surface area contributed by atoms with E-state index in [1.165, 1.54) is 0 Å². The van der Waals surface area contributed by atoms with E-state index in [0.717, 1.165) is 24.1 Å². The molecule has 1 amide bonds. The van der Waals surface area contributed by atoms with E-state index in [1.54, 1.807) is 26.2 Å². The maximum absolute atomic E-state index is 12.7. The Balaban J connectivity index is 1.69. The second-order valence-electron chi connectivity index (χ2n) is 7.65. The number of ketones is 1. The highest BCUT2D eigenvalue weighted by molar-refractivity contribution is 6.03. The number of rotatable bonds is 8. The van der Waals surface area contributed by atoms with Crippen molar-refractivity contribution in [2.45, 2.75) is 32.4 Å². The van der Waals surface area contributed by atoms with Crippen LogP contribution in [0.25, 0.3) is 0 Å². The third-order valence-corrected chi connectivity index (χ3v) is 5.33. The predicted octanol–water partition coefficient (Wildman–Crippen LogP) is 3.09. The molecule has 2 heterocycles. The highest BCUT2D eigenvalue weighted by Crippen LogP contribution is 2.35. The van der Waals surface area contributed by atoms with Gasteiger partial charge in [-0.05, 0) is 36.6 Å². The number of nitrogens with one attached hydrogen (secondary N) is 1. The van der Waals surface area contributed by atoms with Crippen LogP contribution >= 0.6 is 0 Å². The van der Waals surface area contributed by atoms with Crippen LogP contribution in [-0.2, 0) is 29.1 Å². The van der Waals surface area contributed by atoms with Crippen molar-refractivity contribution in [1.29, 1.82) is 0 Å². The number of hydrogen-bond donors (Lipinski definition) is 1. The Hall–Kier alpha value is -2.93. The molecular formula is C22H25N3O4. The van der Waals surface area contributed by atoms with Gasteiger partial charge < -0.3 is 19.7 Å². The molecule has 0 atom stereocenters. The first kappa shape index (κ1) is 19.4. The molecule has 1 aliphatic heterocycles. The molecule has 1 fully saturated rings. The normalized spacial score (nSPS) is 15.4.